The van der Waals surface area contributed by atoms with E-state index < -0.39 is 0 Å². The van der Waals surface area contributed by atoms with E-state index in [1.165, 1.54) is 0 Å². The second-order valence-corrected chi connectivity index (χ2v) is 5.30. The first-order chi connectivity index (χ1) is 8.97. The van der Waals surface area contributed by atoms with E-state index in [0.717, 1.165) is 23.4 Å². The van der Waals surface area contributed by atoms with Crippen LogP contribution in [-0.2, 0) is 5.41 Å². The molecule has 0 aliphatic carbocycles. The molecule has 0 bridgehead atoms. The summed E-state index contributed by atoms with van der Waals surface area (Å²) in [5.41, 5.74) is 1.75. The van der Waals surface area contributed by atoms with Crippen LogP contribution in [0.15, 0.2) is 24.3 Å². The fraction of sp³-hybridized carbons (Fsp3) is 0.357. The average molecular weight is 259 g/mol. The number of ether oxygens (including phenoxy) is 1. The molecule has 0 aliphatic heterocycles. The largest absolute Gasteiger partial charge is 0.497 e. The van der Waals surface area contributed by atoms with Crippen LogP contribution < -0.4 is 4.74 Å². The van der Waals surface area contributed by atoms with Crippen LogP contribution in [-0.4, -0.2) is 28.4 Å². The van der Waals surface area contributed by atoms with Crippen LogP contribution in [0, 0.1) is 0 Å². The van der Waals surface area contributed by atoms with Gasteiger partial charge < -0.3 is 4.74 Å². The molecular weight excluding hydrogens is 242 g/mol. The number of hydrogen-bond acceptors (Lipinski definition) is 4. The zero-order valence-electron chi connectivity index (χ0n) is 11.5. The van der Waals surface area contributed by atoms with Crippen molar-refractivity contribution in [2.75, 3.05) is 7.11 Å². The van der Waals surface area contributed by atoms with Crippen LogP contribution in [0.3, 0.4) is 0 Å². The van der Waals surface area contributed by atoms with E-state index in [9.17, 15) is 4.79 Å². The van der Waals surface area contributed by atoms with Gasteiger partial charge in [0.2, 0.25) is 0 Å². The number of rotatable bonds is 3. The molecule has 0 amide bonds. The van der Waals surface area contributed by atoms with Crippen molar-refractivity contribution in [3.05, 3.63) is 35.7 Å². The van der Waals surface area contributed by atoms with Gasteiger partial charge in [-0.2, -0.15) is 0 Å². The van der Waals surface area contributed by atoms with E-state index in [1.54, 1.807) is 11.8 Å². The summed E-state index contributed by atoms with van der Waals surface area (Å²) in [6.45, 7) is 6.07. The fourth-order valence-electron chi connectivity index (χ4n) is 2.00. The molecular formula is C14H17N3O2. The number of aromatic nitrogens is 3. The van der Waals surface area contributed by atoms with Gasteiger partial charge in [0, 0.05) is 11.5 Å². The quantitative estimate of drug-likeness (QED) is 0.794. The Morgan fingerprint density at radius 3 is 2.63 bits per heavy atom. The summed E-state index contributed by atoms with van der Waals surface area (Å²) in [5, 5.41) is 8.02. The summed E-state index contributed by atoms with van der Waals surface area (Å²) < 4.78 is 6.89. The van der Waals surface area contributed by atoms with E-state index in [2.05, 4.69) is 10.3 Å². The van der Waals surface area contributed by atoms with E-state index in [0.29, 0.717) is 5.69 Å². The maximum absolute atomic E-state index is 11.1. The molecule has 1 heterocycles. The van der Waals surface area contributed by atoms with Gasteiger partial charge in [0.1, 0.15) is 11.4 Å². The zero-order valence-corrected chi connectivity index (χ0v) is 11.5. The summed E-state index contributed by atoms with van der Waals surface area (Å²) >= 11 is 0. The van der Waals surface area contributed by atoms with Crippen molar-refractivity contribution in [2.45, 2.75) is 26.2 Å². The van der Waals surface area contributed by atoms with Crippen LogP contribution in [0.2, 0.25) is 0 Å². The van der Waals surface area contributed by atoms with Crippen LogP contribution in [0.25, 0.3) is 5.69 Å². The molecule has 0 atom stereocenters. The molecule has 0 saturated heterocycles. The maximum atomic E-state index is 11.1. The Bertz CT molecular complexity index is 597. The maximum Gasteiger partial charge on any atom is 0.172 e. The van der Waals surface area contributed by atoms with Crippen LogP contribution in [0.4, 0.5) is 0 Å². The highest BCUT2D eigenvalue weighted by Gasteiger charge is 2.25. The Morgan fingerprint density at radius 1 is 1.32 bits per heavy atom. The number of benzene rings is 1. The molecule has 100 valence electrons. The molecule has 5 nitrogen and oxygen atoms in total. The van der Waals surface area contributed by atoms with Crippen molar-refractivity contribution in [3.63, 3.8) is 0 Å². The first-order valence-corrected chi connectivity index (χ1v) is 6.03. The molecule has 0 radical (unpaired) electrons. The lowest BCUT2D eigenvalue weighted by Crippen LogP contribution is -2.19. The van der Waals surface area contributed by atoms with Gasteiger partial charge in [-0.05, 0) is 12.1 Å². The predicted molar refractivity (Wildman–Crippen MR) is 72.0 cm³/mol. The molecule has 19 heavy (non-hydrogen) atoms. The minimum absolute atomic E-state index is 0.233. The monoisotopic (exact) mass is 259 g/mol. The SMILES string of the molecule is COc1cccc(-n2nnc(C=O)c2C(C)(C)C)c1. The summed E-state index contributed by atoms with van der Waals surface area (Å²) in [6, 6.07) is 7.50. The number of nitrogens with zero attached hydrogens (tertiary/aromatic N) is 3. The second kappa shape index (κ2) is 4.84. The topological polar surface area (TPSA) is 57.0 Å². The number of hydrogen-bond donors (Lipinski definition) is 0. The highest BCUT2D eigenvalue weighted by Crippen LogP contribution is 2.27. The molecule has 0 aliphatic rings. The Kier molecular flexibility index (Phi) is 3.38. The molecule has 0 saturated carbocycles. The van der Waals surface area contributed by atoms with Crippen molar-refractivity contribution < 1.29 is 9.53 Å². The van der Waals surface area contributed by atoms with E-state index >= 15 is 0 Å². The molecule has 1 aromatic carbocycles. The second-order valence-electron chi connectivity index (χ2n) is 5.30. The third kappa shape index (κ3) is 2.50. The third-order valence-corrected chi connectivity index (χ3v) is 2.82. The van der Waals surface area contributed by atoms with Crippen molar-refractivity contribution in [3.8, 4) is 11.4 Å². The molecule has 0 N–H and O–H groups in total. The van der Waals surface area contributed by atoms with Gasteiger partial charge in [-0.1, -0.05) is 32.1 Å². The lowest BCUT2D eigenvalue weighted by molar-refractivity contribution is 0.111. The standard InChI is InChI=1S/C14H17N3O2/c1-14(2,3)13-12(9-18)15-16-17(13)10-6-5-7-11(8-10)19-4/h5-9H,1-4H3. The van der Waals surface area contributed by atoms with Gasteiger partial charge in [0.25, 0.3) is 0 Å². The minimum Gasteiger partial charge on any atom is -0.497 e. The van der Waals surface area contributed by atoms with Crippen molar-refractivity contribution >= 4 is 6.29 Å². The Balaban J connectivity index is 2.62. The summed E-state index contributed by atoms with van der Waals surface area (Å²) in [4.78, 5) is 11.1. The van der Waals surface area contributed by atoms with Crippen molar-refractivity contribution in [1.29, 1.82) is 0 Å². The predicted octanol–water partition coefficient (Wildman–Crippen LogP) is 2.39. The normalized spacial score (nSPS) is 11.4. The Labute approximate surface area is 112 Å². The average Bonchev–Trinajstić information content (AvgIpc) is 2.82. The number of carbonyl (C=O) groups excluding carboxylic acids is 1. The van der Waals surface area contributed by atoms with Crippen LogP contribution in [0.5, 0.6) is 5.75 Å². The molecule has 2 aromatic rings. The zero-order chi connectivity index (χ0) is 14.0. The molecule has 0 spiro atoms. The molecule has 0 fully saturated rings. The van der Waals surface area contributed by atoms with Gasteiger partial charge >= 0.3 is 0 Å². The molecule has 5 heteroatoms. The highest BCUT2D eigenvalue weighted by atomic mass is 16.5. The fourth-order valence-corrected chi connectivity index (χ4v) is 2.00. The van der Waals surface area contributed by atoms with Crippen LogP contribution in [0.1, 0.15) is 37.0 Å². The van der Waals surface area contributed by atoms with E-state index in [4.69, 9.17) is 4.74 Å². The minimum atomic E-state index is -0.233. The number of aldehydes is 1. The number of methoxy groups -OCH3 is 1. The lowest BCUT2D eigenvalue weighted by atomic mass is 9.90. The molecule has 1 aromatic heterocycles. The van der Waals surface area contributed by atoms with Gasteiger partial charge in [-0.3, -0.25) is 4.79 Å². The Hall–Kier alpha value is -2.17. The van der Waals surface area contributed by atoms with Gasteiger partial charge in [-0.15, -0.1) is 5.10 Å². The lowest BCUT2D eigenvalue weighted by Gasteiger charge is -2.20. The summed E-state index contributed by atoms with van der Waals surface area (Å²) in [7, 11) is 1.61. The number of carbonyl (C=O) groups is 1. The summed E-state index contributed by atoms with van der Waals surface area (Å²) in [5.74, 6) is 0.737. The van der Waals surface area contributed by atoms with Crippen molar-refractivity contribution in [2.24, 2.45) is 0 Å². The highest BCUT2D eigenvalue weighted by molar-refractivity contribution is 5.74. The smallest absolute Gasteiger partial charge is 0.172 e. The van der Waals surface area contributed by atoms with E-state index in [-0.39, 0.29) is 5.41 Å². The van der Waals surface area contributed by atoms with Gasteiger partial charge in [0.05, 0.1) is 18.5 Å². The third-order valence-electron chi connectivity index (χ3n) is 2.82. The summed E-state index contributed by atoms with van der Waals surface area (Å²) in [6.07, 6.45) is 0.740. The van der Waals surface area contributed by atoms with Gasteiger partial charge in [0.15, 0.2) is 6.29 Å². The first kappa shape index (κ1) is 13.3. The molecule has 2 rings (SSSR count). The van der Waals surface area contributed by atoms with E-state index in [1.807, 2.05) is 45.0 Å². The van der Waals surface area contributed by atoms with Crippen molar-refractivity contribution in [1.82, 2.24) is 15.0 Å². The first-order valence-electron chi connectivity index (χ1n) is 6.03. The van der Waals surface area contributed by atoms with Gasteiger partial charge in [-0.25, -0.2) is 4.68 Å². The Morgan fingerprint density at radius 2 is 2.05 bits per heavy atom. The molecule has 0 unspecified atom stereocenters. The van der Waals surface area contributed by atoms with Crippen LogP contribution >= 0.6 is 0 Å².